The van der Waals surface area contributed by atoms with E-state index >= 15 is 0 Å². The fourth-order valence-corrected chi connectivity index (χ4v) is 2.91. The zero-order valence-corrected chi connectivity index (χ0v) is 12.7. The molecule has 120 valence electrons. The molecule has 1 atom stereocenters. The van der Waals surface area contributed by atoms with Gasteiger partial charge in [-0.2, -0.15) is 0 Å². The summed E-state index contributed by atoms with van der Waals surface area (Å²) in [5.74, 6) is 1.72. The highest BCUT2D eigenvalue weighted by molar-refractivity contribution is 5.94. The maximum absolute atomic E-state index is 12.4. The number of carbonyl (C=O) groups excluding carboxylic acids is 1. The van der Waals surface area contributed by atoms with Gasteiger partial charge in [-0.15, -0.1) is 0 Å². The molecule has 0 saturated carbocycles. The van der Waals surface area contributed by atoms with Crippen LogP contribution in [0.15, 0.2) is 18.2 Å². The molecule has 0 aliphatic carbocycles. The van der Waals surface area contributed by atoms with Crippen molar-refractivity contribution in [3.63, 3.8) is 0 Å². The highest BCUT2D eigenvalue weighted by Crippen LogP contribution is 2.34. The number of rotatable bonds is 4. The number of piperidine rings is 1. The van der Waals surface area contributed by atoms with Gasteiger partial charge in [-0.25, -0.2) is 0 Å². The minimum absolute atomic E-state index is 0.0266. The first-order valence-corrected chi connectivity index (χ1v) is 7.73. The lowest BCUT2D eigenvalue weighted by Crippen LogP contribution is -2.46. The maximum Gasteiger partial charge on any atom is 0.241 e. The van der Waals surface area contributed by atoms with Crippen molar-refractivity contribution < 1.29 is 19.4 Å². The smallest absolute Gasteiger partial charge is 0.241 e. The van der Waals surface area contributed by atoms with Crippen LogP contribution in [0.3, 0.4) is 0 Å². The summed E-state index contributed by atoms with van der Waals surface area (Å²) in [5.41, 5.74) is 0.714. The molecule has 1 saturated heterocycles. The van der Waals surface area contributed by atoms with Gasteiger partial charge in [-0.05, 0) is 50.9 Å². The summed E-state index contributed by atoms with van der Waals surface area (Å²) in [4.78, 5) is 14.5. The van der Waals surface area contributed by atoms with Crippen molar-refractivity contribution in [3.8, 4) is 11.5 Å². The van der Waals surface area contributed by atoms with Gasteiger partial charge in [0, 0.05) is 18.4 Å². The van der Waals surface area contributed by atoms with E-state index in [0.29, 0.717) is 23.1 Å². The molecule has 2 N–H and O–H groups in total. The lowest BCUT2D eigenvalue weighted by molar-refractivity contribution is -0.121. The molecule has 0 aromatic heterocycles. The monoisotopic (exact) mass is 306 g/mol. The number of ether oxygens (including phenoxy) is 2. The van der Waals surface area contributed by atoms with E-state index in [2.05, 4.69) is 10.2 Å². The summed E-state index contributed by atoms with van der Waals surface area (Å²) < 4.78 is 10.6. The summed E-state index contributed by atoms with van der Waals surface area (Å²) >= 11 is 0. The van der Waals surface area contributed by atoms with Crippen LogP contribution in [0.5, 0.6) is 11.5 Å². The second-order valence-corrected chi connectivity index (χ2v) is 5.90. The van der Waals surface area contributed by atoms with Crippen molar-refractivity contribution in [2.24, 2.45) is 5.92 Å². The molecule has 0 spiro atoms. The van der Waals surface area contributed by atoms with Gasteiger partial charge >= 0.3 is 0 Å². The quantitative estimate of drug-likeness (QED) is 0.881. The van der Waals surface area contributed by atoms with Crippen molar-refractivity contribution in [3.05, 3.63) is 18.2 Å². The van der Waals surface area contributed by atoms with Crippen molar-refractivity contribution >= 4 is 11.6 Å². The number of fused-ring (bicyclic) bond motifs is 1. The molecule has 6 heteroatoms. The molecule has 1 fully saturated rings. The minimum Gasteiger partial charge on any atom is -0.454 e. The first kappa shape index (κ1) is 15.1. The predicted octanol–water partition coefficient (Wildman–Crippen LogP) is 1.45. The second kappa shape index (κ2) is 6.54. The Morgan fingerprint density at radius 3 is 2.82 bits per heavy atom. The Morgan fingerprint density at radius 1 is 1.36 bits per heavy atom. The largest absolute Gasteiger partial charge is 0.454 e. The van der Waals surface area contributed by atoms with Crippen LogP contribution >= 0.6 is 0 Å². The van der Waals surface area contributed by atoms with Crippen molar-refractivity contribution in [2.75, 3.05) is 31.8 Å². The van der Waals surface area contributed by atoms with Crippen LogP contribution in [0.4, 0.5) is 5.69 Å². The normalized spacial score (nSPS) is 19.9. The number of nitrogens with zero attached hydrogens (tertiary/aromatic N) is 1. The number of aliphatic hydroxyl groups excluding tert-OH is 1. The molecule has 2 aliphatic heterocycles. The zero-order chi connectivity index (χ0) is 15.5. The van der Waals surface area contributed by atoms with Gasteiger partial charge in [0.2, 0.25) is 12.7 Å². The molecule has 0 unspecified atom stereocenters. The van der Waals surface area contributed by atoms with Gasteiger partial charge in [0.15, 0.2) is 11.5 Å². The molecule has 22 heavy (non-hydrogen) atoms. The summed E-state index contributed by atoms with van der Waals surface area (Å²) in [6.07, 6.45) is 1.89. The fourth-order valence-electron chi connectivity index (χ4n) is 2.91. The van der Waals surface area contributed by atoms with E-state index in [1.807, 2.05) is 13.0 Å². The van der Waals surface area contributed by atoms with E-state index in [-0.39, 0.29) is 25.3 Å². The van der Waals surface area contributed by atoms with E-state index in [4.69, 9.17) is 9.47 Å². The highest BCUT2D eigenvalue weighted by atomic mass is 16.7. The number of anilines is 1. The maximum atomic E-state index is 12.4. The van der Waals surface area contributed by atoms with E-state index in [0.717, 1.165) is 25.9 Å². The lowest BCUT2D eigenvalue weighted by Gasteiger charge is -2.34. The average Bonchev–Trinajstić information content (AvgIpc) is 3.02. The minimum atomic E-state index is -0.190. The molecule has 1 amide bonds. The topological polar surface area (TPSA) is 71.0 Å². The highest BCUT2D eigenvalue weighted by Gasteiger charge is 2.26. The van der Waals surface area contributed by atoms with Crippen molar-refractivity contribution in [1.29, 1.82) is 0 Å². The number of likely N-dealkylation sites (tertiary alicyclic amines) is 1. The number of nitrogens with one attached hydrogen (secondary N) is 1. The second-order valence-electron chi connectivity index (χ2n) is 5.90. The SMILES string of the molecule is C[C@H](C(=O)Nc1ccc2c(c1)OCO2)N1CCC(CO)CC1. The van der Waals surface area contributed by atoms with Crippen LogP contribution in [-0.4, -0.2) is 48.4 Å². The van der Waals surface area contributed by atoms with E-state index in [9.17, 15) is 9.90 Å². The average molecular weight is 306 g/mol. The molecular formula is C16H22N2O4. The molecular weight excluding hydrogens is 284 g/mol. The number of hydrogen-bond acceptors (Lipinski definition) is 5. The summed E-state index contributed by atoms with van der Waals surface area (Å²) in [6.45, 7) is 4.08. The van der Waals surface area contributed by atoms with Crippen LogP contribution in [0.1, 0.15) is 19.8 Å². The Morgan fingerprint density at radius 2 is 2.09 bits per heavy atom. The van der Waals surface area contributed by atoms with E-state index in [1.165, 1.54) is 0 Å². The number of hydrogen-bond donors (Lipinski definition) is 2. The van der Waals surface area contributed by atoms with Gasteiger partial charge in [0.25, 0.3) is 0 Å². The predicted molar refractivity (Wildman–Crippen MR) is 82.0 cm³/mol. The molecule has 1 aromatic carbocycles. The van der Waals surface area contributed by atoms with Crippen LogP contribution in [0.2, 0.25) is 0 Å². The summed E-state index contributed by atoms with van der Waals surface area (Å²) in [7, 11) is 0. The van der Waals surface area contributed by atoms with Gasteiger partial charge in [-0.1, -0.05) is 0 Å². The number of carbonyl (C=O) groups is 1. The third-order valence-corrected chi connectivity index (χ3v) is 4.47. The van der Waals surface area contributed by atoms with Gasteiger partial charge in [0.05, 0.1) is 6.04 Å². The zero-order valence-electron chi connectivity index (χ0n) is 12.7. The Hall–Kier alpha value is -1.79. The van der Waals surface area contributed by atoms with Crippen LogP contribution in [0, 0.1) is 5.92 Å². The molecule has 2 heterocycles. The van der Waals surface area contributed by atoms with E-state index < -0.39 is 0 Å². The van der Waals surface area contributed by atoms with Crippen LogP contribution < -0.4 is 14.8 Å². The number of aliphatic hydroxyl groups is 1. The lowest BCUT2D eigenvalue weighted by atomic mass is 9.97. The third kappa shape index (κ3) is 3.18. The van der Waals surface area contributed by atoms with Gasteiger partial charge in [0.1, 0.15) is 0 Å². The van der Waals surface area contributed by atoms with Crippen molar-refractivity contribution in [1.82, 2.24) is 4.90 Å². The van der Waals surface area contributed by atoms with Crippen LogP contribution in [0.25, 0.3) is 0 Å². The Bertz CT molecular complexity index is 541. The molecule has 0 radical (unpaired) electrons. The fraction of sp³-hybridized carbons (Fsp3) is 0.562. The Balaban J connectivity index is 1.57. The summed E-state index contributed by atoms with van der Waals surface area (Å²) in [5, 5.41) is 12.1. The third-order valence-electron chi connectivity index (χ3n) is 4.47. The number of amides is 1. The number of benzene rings is 1. The molecule has 6 nitrogen and oxygen atoms in total. The van der Waals surface area contributed by atoms with Crippen LogP contribution in [-0.2, 0) is 4.79 Å². The van der Waals surface area contributed by atoms with Crippen molar-refractivity contribution in [2.45, 2.75) is 25.8 Å². The molecule has 0 bridgehead atoms. The summed E-state index contributed by atoms with van der Waals surface area (Å²) in [6, 6.07) is 5.21. The Labute approximate surface area is 130 Å². The first-order valence-electron chi connectivity index (χ1n) is 7.73. The molecule has 1 aromatic rings. The molecule has 2 aliphatic rings. The van der Waals surface area contributed by atoms with Gasteiger partial charge < -0.3 is 19.9 Å². The van der Waals surface area contributed by atoms with Gasteiger partial charge in [-0.3, -0.25) is 9.69 Å². The van der Waals surface area contributed by atoms with E-state index in [1.54, 1.807) is 12.1 Å². The standard InChI is InChI=1S/C16H22N2O4/c1-11(18-6-4-12(9-19)5-7-18)16(20)17-13-2-3-14-15(8-13)22-10-21-14/h2-3,8,11-12,19H,4-7,9-10H2,1H3,(H,17,20)/t11-/m1/s1. The molecule has 3 rings (SSSR count). The Kier molecular flexibility index (Phi) is 4.49. The first-order chi connectivity index (χ1) is 10.7.